The summed E-state index contributed by atoms with van der Waals surface area (Å²) in [6, 6.07) is 10.4. The summed E-state index contributed by atoms with van der Waals surface area (Å²) in [6.45, 7) is 2.85. The van der Waals surface area contributed by atoms with Crippen molar-refractivity contribution in [3.8, 4) is 0 Å². The molecule has 0 bridgehead atoms. The van der Waals surface area contributed by atoms with E-state index >= 15 is 0 Å². The Kier molecular flexibility index (Phi) is 4.15. The zero-order valence-electron chi connectivity index (χ0n) is 10.2. The quantitative estimate of drug-likeness (QED) is 0.829. The number of hydrogen-bond acceptors (Lipinski definition) is 3. The van der Waals surface area contributed by atoms with Crippen LogP contribution >= 0.6 is 0 Å². The van der Waals surface area contributed by atoms with Gasteiger partial charge in [0.25, 0.3) is 0 Å². The number of benzene rings is 1. The molecule has 2 rings (SSSR count). The highest BCUT2D eigenvalue weighted by Crippen LogP contribution is 2.26. The predicted molar refractivity (Wildman–Crippen MR) is 67.6 cm³/mol. The fourth-order valence-corrected chi connectivity index (χ4v) is 2.43. The van der Waals surface area contributed by atoms with Crippen LogP contribution in [-0.2, 0) is 6.54 Å². The van der Waals surface area contributed by atoms with E-state index in [0.29, 0.717) is 6.42 Å². The molecule has 0 spiro atoms. The van der Waals surface area contributed by atoms with E-state index in [0.717, 1.165) is 32.5 Å². The molecule has 0 atom stereocenters. The molecule has 0 unspecified atom stereocenters. The Labute approximate surface area is 103 Å². The van der Waals surface area contributed by atoms with Crippen LogP contribution in [0.5, 0.6) is 0 Å². The first kappa shape index (κ1) is 12.6. The van der Waals surface area contributed by atoms with Crippen LogP contribution in [-0.4, -0.2) is 40.4 Å². The second-order valence-electron chi connectivity index (χ2n) is 4.96. The fraction of sp³-hybridized carbons (Fsp3) is 0.571. The molecule has 1 saturated heterocycles. The predicted octanol–water partition coefficient (Wildman–Crippen LogP) is 1.40. The van der Waals surface area contributed by atoms with Crippen molar-refractivity contribution in [1.29, 1.82) is 0 Å². The third kappa shape index (κ3) is 3.53. The molecule has 1 aliphatic rings. The molecule has 0 aromatic heterocycles. The van der Waals surface area contributed by atoms with Crippen LogP contribution in [0, 0.1) is 0 Å². The fourth-order valence-electron chi connectivity index (χ4n) is 2.43. The maximum absolute atomic E-state index is 10.2. The van der Waals surface area contributed by atoms with E-state index in [2.05, 4.69) is 29.2 Å². The van der Waals surface area contributed by atoms with Gasteiger partial charge in [-0.3, -0.25) is 4.90 Å². The van der Waals surface area contributed by atoms with Crippen molar-refractivity contribution in [2.45, 2.75) is 31.4 Å². The van der Waals surface area contributed by atoms with Crippen molar-refractivity contribution in [2.75, 3.05) is 19.7 Å². The molecule has 0 radical (unpaired) electrons. The van der Waals surface area contributed by atoms with Gasteiger partial charge in [-0.15, -0.1) is 0 Å². The standard InChI is InChI=1S/C14H21NO2/c16-11-8-14(17)6-9-15(10-7-14)12-13-4-2-1-3-5-13/h1-5,16-17H,6-12H2. The molecule has 1 aliphatic heterocycles. The van der Waals surface area contributed by atoms with Gasteiger partial charge in [0, 0.05) is 26.2 Å². The Morgan fingerprint density at radius 3 is 2.35 bits per heavy atom. The van der Waals surface area contributed by atoms with Gasteiger partial charge in [-0.25, -0.2) is 0 Å². The smallest absolute Gasteiger partial charge is 0.0694 e. The lowest BCUT2D eigenvalue weighted by atomic mass is 9.88. The van der Waals surface area contributed by atoms with Gasteiger partial charge >= 0.3 is 0 Å². The Morgan fingerprint density at radius 1 is 1.12 bits per heavy atom. The molecule has 1 fully saturated rings. The lowest BCUT2D eigenvalue weighted by Crippen LogP contribution is -2.44. The molecule has 0 aliphatic carbocycles. The monoisotopic (exact) mass is 235 g/mol. The number of rotatable bonds is 4. The normalized spacial score (nSPS) is 20.4. The Hall–Kier alpha value is -0.900. The SMILES string of the molecule is OCCC1(O)CCN(Cc2ccccc2)CC1. The topological polar surface area (TPSA) is 43.7 Å². The highest BCUT2D eigenvalue weighted by molar-refractivity contribution is 5.14. The van der Waals surface area contributed by atoms with Gasteiger partial charge in [0.15, 0.2) is 0 Å². The largest absolute Gasteiger partial charge is 0.396 e. The van der Waals surface area contributed by atoms with Gasteiger partial charge in [-0.1, -0.05) is 30.3 Å². The highest BCUT2D eigenvalue weighted by atomic mass is 16.3. The average molecular weight is 235 g/mol. The summed E-state index contributed by atoms with van der Waals surface area (Å²) in [7, 11) is 0. The Balaban J connectivity index is 1.83. The van der Waals surface area contributed by atoms with Gasteiger partial charge in [-0.2, -0.15) is 0 Å². The summed E-state index contributed by atoms with van der Waals surface area (Å²) in [4.78, 5) is 2.36. The summed E-state index contributed by atoms with van der Waals surface area (Å²) in [5, 5.41) is 19.1. The minimum absolute atomic E-state index is 0.0786. The van der Waals surface area contributed by atoms with Gasteiger partial charge in [-0.05, 0) is 24.8 Å². The number of aliphatic hydroxyl groups is 2. The van der Waals surface area contributed by atoms with Gasteiger partial charge in [0.05, 0.1) is 5.60 Å². The minimum Gasteiger partial charge on any atom is -0.396 e. The summed E-state index contributed by atoms with van der Waals surface area (Å²) in [6.07, 6.45) is 2.03. The maximum atomic E-state index is 10.2. The lowest BCUT2D eigenvalue weighted by Gasteiger charge is -2.38. The zero-order chi connectivity index (χ0) is 12.1. The van der Waals surface area contributed by atoms with Crippen molar-refractivity contribution < 1.29 is 10.2 Å². The third-order valence-electron chi connectivity index (χ3n) is 3.61. The second-order valence-corrected chi connectivity index (χ2v) is 4.96. The van der Waals surface area contributed by atoms with Crippen molar-refractivity contribution >= 4 is 0 Å². The van der Waals surface area contributed by atoms with Gasteiger partial charge in [0.2, 0.25) is 0 Å². The molecular formula is C14H21NO2. The molecular weight excluding hydrogens is 214 g/mol. The van der Waals surface area contributed by atoms with E-state index in [1.165, 1.54) is 5.56 Å². The molecule has 2 N–H and O–H groups in total. The Morgan fingerprint density at radius 2 is 1.76 bits per heavy atom. The van der Waals surface area contributed by atoms with Crippen LogP contribution in [0.15, 0.2) is 30.3 Å². The molecule has 0 amide bonds. The van der Waals surface area contributed by atoms with Gasteiger partial charge < -0.3 is 10.2 Å². The lowest BCUT2D eigenvalue weighted by molar-refractivity contribution is -0.0388. The number of piperidine rings is 1. The summed E-state index contributed by atoms with van der Waals surface area (Å²) < 4.78 is 0. The highest BCUT2D eigenvalue weighted by Gasteiger charge is 2.31. The van der Waals surface area contributed by atoms with E-state index in [-0.39, 0.29) is 6.61 Å². The zero-order valence-corrected chi connectivity index (χ0v) is 10.2. The molecule has 1 heterocycles. The molecule has 0 saturated carbocycles. The number of likely N-dealkylation sites (tertiary alicyclic amines) is 1. The van der Waals surface area contributed by atoms with E-state index in [4.69, 9.17) is 5.11 Å². The molecule has 3 heteroatoms. The minimum atomic E-state index is -0.637. The number of aliphatic hydroxyl groups excluding tert-OH is 1. The molecule has 94 valence electrons. The van der Waals surface area contributed by atoms with Crippen LogP contribution in [0.25, 0.3) is 0 Å². The van der Waals surface area contributed by atoms with Crippen molar-refractivity contribution in [2.24, 2.45) is 0 Å². The van der Waals surface area contributed by atoms with Crippen molar-refractivity contribution in [3.05, 3.63) is 35.9 Å². The van der Waals surface area contributed by atoms with E-state index in [1.807, 2.05) is 6.07 Å². The summed E-state index contributed by atoms with van der Waals surface area (Å²) >= 11 is 0. The van der Waals surface area contributed by atoms with Crippen LogP contribution in [0.3, 0.4) is 0 Å². The maximum Gasteiger partial charge on any atom is 0.0694 e. The van der Waals surface area contributed by atoms with E-state index < -0.39 is 5.60 Å². The second kappa shape index (κ2) is 5.63. The summed E-state index contributed by atoms with van der Waals surface area (Å²) in [5.74, 6) is 0. The molecule has 1 aromatic carbocycles. The van der Waals surface area contributed by atoms with Crippen molar-refractivity contribution in [3.63, 3.8) is 0 Å². The molecule has 3 nitrogen and oxygen atoms in total. The summed E-state index contributed by atoms with van der Waals surface area (Å²) in [5.41, 5.74) is 0.683. The van der Waals surface area contributed by atoms with E-state index in [9.17, 15) is 5.11 Å². The first-order chi connectivity index (χ1) is 8.22. The third-order valence-corrected chi connectivity index (χ3v) is 3.61. The van der Waals surface area contributed by atoms with Crippen molar-refractivity contribution in [1.82, 2.24) is 4.90 Å². The first-order valence-corrected chi connectivity index (χ1v) is 6.31. The first-order valence-electron chi connectivity index (χ1n) is 6.31. The average Bonchev–Trinajstić information content (AvgIpc) is 2.34. The van der Waals surface area contributed by atoms with Crippen LogP contribution in [0.2, 0.25) is 0 Å². The number of hydrogen-bond donors (Lipinski definition) is 2. The number of nitrogens with zero attached hydrogens (tertiary/aromatic N) is 1. The van der Waals surface area contributed by atoms with Crippen LogP contribution in [0.4, 0.5) is 0 Å². The molecule has 1 aromatic rings. The van der Waals surface area contributed by atoms with Crippen LogP contribution in [0.1, 0.15) is 24.8 Å². The van der Waals surface area contributed by atoms with E-state index in [1.54, 1.807) is 0 Å². The Bertz CT molecular complexity index is 331. The van der Waals surface area contributed by atoms with Gasteiger partial charge in [0.1, 0.15) is 0 Å². The van der Waals surface area contributed by atoms with Crippen LogP contribution < -0.4 is 0 Å². The molecule has 17 heavy (non-hydrogen) atoms.